The van der Waals surface area contributed by atoms with Crippen molar-refractivity contribution in [2.24, 2.45) is 0 Å². The highest BCUT2D eigenvalue weighted by molar-refractivity contribution is 6.34. The van der Waals surface area contributed by atoms with Gasteiger partial charge in [0.05, 0.1) is 16.3 Å². The number of nitrogens with one attached hydrogen (secondary N) is 1. The third-order valence-electron chi connectivity index (χ3n) is 4.27. The minimum atomic E-state index is -0.467. The molecule has 1 N–H and O–H groups in total. The average molecular weight is 394 g/mol. The molecule has 0 fully saturated rings. The predicted molar refractivity (Wildman–Crippen MR) is 105 cm³/mol. The van der Waals surface area contributed by atoms with Crippen molar-refractivity contribution in [3.05, 3.63) is 101 Å². The zero-order chi connectivity index (χ0) is 19.7. The molecule has 1 amide bonds. The first-order valence-electron chi connectivity index (χ1n) is 8.42. The molecule has 4 aromatic rings. The number of amides is 1. The van der Waals surface area contributed by atoms with Gasteiger partial charge in [-0.15, -0.1) is 0 Å². The molecule has 0 bridgehead atoms. The van der Waals surface area contributed by atoms with Gasteiger partial charge in [0, 0.05) is 10.9 Å². The Hall–Kier alpha value is -3.44. The summed E-state index contributed by atoms with van der Waals surface area (Å²) in [6.45, 7) is 0. The Morgan fingerprint density at radius 3 is 2.32 bits per heavy atom. The number of benzene rings is 3. The average Bonchev–Trinajstić information content (AvgIpc) is 3.07. The van der Waals surface area contributed by atoms with E-state index in [0.717, 1.165) is 0 Å². The summed E-state index contributed by atoms with van der Waals surface area (Å²) in [7, 11) is 0. The van der Waals surface area contributed by atoms with Crippen LogP contribution in [0.2, 0.25) is 5.02 Å². The molecule has 0 radical (unpaired) electrons. The number of hydrogen-bond acceptors (Lipinski definition) is 3. The Balaban J connectivity index is 1.79. The number of furan rings is 1. The van der Waals surface area contributed by atoms with Crippen molar-refractivity contribution in [2.45, 2.75) is 0 Å². The van der Waals surface area contributed by atoms with Crippen molar-refractivity contribution in [3.8, 4) is 0 Å². The summed E-state index contributed by atoms with van der Waals surface area (Å²) in [4.78, 5) is 25.7. The van der Waals surface area contributed by atoms with Gasteiger partial charge < -0.3 is 9.73 Å². The fourth-order valence-electron chi connectivity index (χ4n) is 2.89. The maximum Gasteiger partial charge on any atom is 0.257 e. The van der Waals surface area contributed by atoms with Crippen LogP contribution in [-0.2, 0) is 0 Å². The zero-order valence-corrected chi connectivity index (χ0v) is 15.2. The van der Waals surface area contributed by atoms with E-state index in [-0.39, 0.29) is 22.6 Å². The Bertz CT molecular complexity index is 1200. The van der Waals surface area contributed by atoms with Crippen LogP contribution in [0.1, 0.15) is 26.5 Å². The number of carbonyl (C=O) groups is 2. The van der Waals surface area contributed by atoms with Crippen molar-refractivity contribution < 1.29 is 18.4 Å². The van der Waals surface area contributed by atoms with Gasteiger partial charge in [-0.2, -0.15) is 0 Å². The van der Waals surface area contributed by atoms with E-state index in [1.54, 1.807) is 48.5 Å². The topological polar surface area (TPSA) is 59.3 Å². The number of hydrogen-bond donors (Lipinski definition) is 1. The van der Waals surface area contributed by atoms with E-state index in [2.05, 4.69) is 5.32 Å². The Labute approximate surface area is 164 Å². The molecule has 138 valence electrons. The molecule has 0 aliphatic heterocycles. The molecule has 0 saturated carbocycles. The summed E-state index contributed by atoms with van der Waals surface area (Å²) in [5, 5.41) is 3.61. The standard InChI is InChI=1S/C22H13ClFNO3/c23-17-7-3-1-5-15(17)22(27)25-19-16-6-2-4-8-18(16)28-21(19)20(26)13-9-11-14(24)12-10-13/h1-12H,(H,25,27). The third-order valence-corrected chi connectivity index (χ3v) is 4.59. The predicted octanol–water partition coefficient (Wildman–Crippen LogP) is 5.71. The van der Waals surface area contributed by atoms with Crippen LogP contribution in [0.5, 0.6) is 0 Å². The number of ketones is 1. The highest BCUT2D eigenvalue weighted by Crippen LogP contribution is 2.33. The smallest absolute Gasteiger partial charge is 0.257 e. The fourth-order valence-corrected chi connectivity index (χ4v) is 3.11. The number of anilines is 1. The maximum absolute atomic E-state index is 13.2. The SMILES string of the molecule is O=C(Nc1c(C(=O)c2ccc(F)cc2)oc2ccccc12)c1ccccc1Cl. The summed E-state index contributed by atoms with van der Waals surface area (Å²) in [6, 6.07) is 18.7. The van der Waals surface area contributed by atoms with Crippen LogP contribution in [0.25, 0.3) is 11.0 Å². The van der Waals surface area contributed by atoms with E-state index in [1.807, 2.05) is 0 Å². The van der Waals surface area contributed by atoms with Gasteiger partial charge in [-0.25, -0.2) is 4.39 Å². The third kappa shape index (κ3) is 3.28. The van der Waals surface area contributed by atoms with Gasteiger partial charge in [0.25, 0.3) is 5.91 Å². The summed E-state index contributed by atoms with van der Waals surface area (Å²) in [6.07, 6.45) is 0. The van der Waals surface area contributed by atoms with Gasteiger partial charge in [0.15, 0.2) is 5.76 Å². The summed E-state index contributed by atoms with van der Waals surface area (Å²) in [5.74, 6) is -1.42. The van der Waals surface area contributed by atoms with Crippen molar-refractivity contribution in [3.63, 3.8) is 0 Å². The van der Waals surface area contributed by atoms with E-state index >= 15 is 0 Å². The second kappa shape index (κ2) is 7.29. The molecule has 3 aromatic carbocycles. The lowest BCUT2D eigenvalue weighted by molar-refractivity contribution is 0.101. The van der Waals surface area contributed by atoms with E-state index in [0.29, 0.717) is 16.0 Å². The lowest BCUT2D eigenvalue weighted by Crippen LogP contribution is -2.14. The molecule has 1 heterocycles. The molecule has 28 heavy (non-hydrogen) atoms. The first kappa shape index (κ1) is 17.9. The van der Waals surface area contributed by atoms with Crippen molar-refractivity contribution >= 4 is 39.9 Å². The molecule has 0 unspecified atom stereocenters. The lowest BCUT2D eigenvalue weighted by atomic mass is 10.1. The van der Waals surface area contributed by atoms with Gasteiger partial charge in [0.2, 0.25) is 5.78 Å². The van der Waals surface area contributed by atoms with Crippen molar-refractivity contribution in [2.75, 3.05) is 5.32 Å². The Morgan fingerprint density at radius 1 is 0.893 bits per heavy atom. The normalized spacial score (nSPS) is 10.8. The van der Waals surface area contributed by atoms with Gasteiger partial charge >= 0.3 is 0 Å². The van der Waals surface area contributed by atoms with Crippen molar-refractivity contribution in [1.29, 1.82) is 0 Å². The molecule has 4 rings (SSSR count). The molecule has 6 heteroatoms. The maximum atomic E-state index is 13.2. The molecular weight excluding hydrogens is 381 g/mol. The number of rotatable bonds is 4. The number of fused-ring (bicyclic) bond motifs is 1. The van der Waals surface area contributed by atoms with Crippen LogP contribution in [0.4, 0.5) is 10.1 Å². The van der Waals surface area contributed by atoms with Crippen LogP contribution in [0, 0.1) is 5.82 Å². The second-order valence-corrected chi connectivity index (χ2v) is 6.48. The quantitative estimate of drug-likeness (QED) is 0.452. The molecule has 0 spiro atoms. The fraction of sp³-hybridized carbons (Fsp3) is 0. The van der Waals surface area contributed by atoms with E-state index < -0.39 is 17.5 Å². The Morgan fingerprint density at radius 2 is 1.57 bits per heavy atom. The molecule has 0 atom stereocenters. The van der Waals surface area contributed by atoms with E-state index in [4.69, 9.17) is 16.0 Å². The molecule has 4 nitrogen and oxygen atoms in total. The first-order valence-corrected chi connectivity index (χ1v) is 8.80. The van der Waals surface area contributed by atoms with Gasteiger partial charge in [-0.05, 0) is 48.5 Å². The molecule has 0 aliphatic rings. The first-order chi connectivity index (χ1) is 13.5. The number of carbonyl (C=O) groups excluding carboxylic acids is 2. The van der Waals surface area contributed by atoms with Gasteiger partial charge in [0.1, 0.15) is 11.4 Å². The highest BCUT2D eigenvalue weighted by atomic mass is 35.5. The van der Waals surface area contributed by atoms with Crippen LogP contribution < -0.4 is 5.32 Å². The highest BCUT2D eigenvalue weighted by Gasteiger charge is 2.24. The monoisotopic (exact) mass is 393 g/mol. The van der Waals surface area contributed by atoms with Gasteiger partial charge in [-0.1, -0.05) is 35.9 Å². The molecule has 0 saturated heterocycles. The summed E-state index contributed by atoms with van der Waals surface area (Å²) >= 11 is 6.10. The minimum absolute atomic E-state index is 0.0341. The van der Waals surface area contributed by atoms with Crippen molar-refractivity contribution in [1.82, 2.24) is 0 Å². The Kier molecular flexibility index (Phi) is 4.67. The van der Waals surface area contributed by atoms with Crippen LogP contribution in [0.3, 0.4) is 0 Å². The van der Waals surface area contributed by atoms with E-state index in [9.17, 15) is 14.0 Å². The lowest BCUT2D eigenvalue weighted by Gasteiger charge is -2.07. The van der Waals surface area contributed by atoms with Crippen LogP contribution >= 0.6 is 11.6 Å². The zero-order valence-electron chi connectivity index (χ0n) is 14.4. The summed E-state index contributed by atoms with van der Waals surface area (Å²) in [5.41, 5.74) is 1.21. The second-order valence-electron chi connectivity index (χ2n) is 6.07. The molecule has 0 aliphatic carbocycles. The van der Waals surface area contributed by atoms with Gasteiger partial charge in [-0.3, -0.25) is 9.59 Å². The van der Waals surface area contributed by atoms with E-state index in [1.165, 1.54) is 24.3 Å². The minimum Gasteiger partial charge on any atom is -0.450 e. The van der Waals surface area contributed by atoms with Crippen LogP contribution in [-0.4, -0.2) is 11.7 Å². The van der Waals surface area contributed by atoms with Crippen LogP contribution in [0.15, 0.2) is 77.2 Å². The molecule has 1 aromatic heterocycles. The number of halogens is 2. The molecular formula is C22H13ClFNO3. The number of para-hydroxylation sites is 1. The largest absolute Gasteiger partial charge is 0.450 e. The summed E-state index contributed by atoms with van der Waals surface area (Å²) < 4.78 is 18.9.